The molecule has 0 spiro atoms. The standard InChI is InChI=1S/C24H21N5O2S.2ClH/c1-25-22-14-15(29-32(2,30)31)9-11-21(22)28-24-17-6-3-4-8-20(17)27-23-16-7-5-13-26-19(16)12-10-18(23)24;;/h3-14,25,29H,1-2H3,(H,27,28);2*1H. The number of nitrogens with zero attached hydrogens (tertiary/aromatic N) is 2. The Labute approximate surface area is 209 Å². The minimum Gasteiger partial charge on any atom is -0.386 e. The van der Waals surface area contributed by atoms with Crippen LogP contribution in [0.3, 0.4) is 0 Å². The fraction of sp³-hybridized carbons (Fsp3) is 0.0833. The molecule has 176 valence electrons. The van der Waals surface area contributed by atoms with Gasteiger partial charge in [-0.25, -0.2) is 13.4 Å². The number of anilines is 4. The molecule has 0 bridgehead atoms. The number of hydrogen-bond donors (Lipinski definition) is 3. The predicted molar refractivity (Wildman–Crippen MR) is 147 cm³/mol. The molecule has 2 heterocycles. The fourth-order valence-electron chi connectivity index (χ4n) is 3.91. The van der Waals surface area contributed by atoms with Crippen LogP contribution < -0.4 is 15.4 Å². The largest absolute Gasteiger partial charge is 0.386 e. The second-order valence-electron chi connectivity index (χ2n) is 7.55. The topological polar surface area (TPSA) is 96.0 Å². The molecule has 0 radical (unpaired) electrons. The number of sulfonamides is 1. The van der Waals surface area contributed by atoms with Crippen LogP contribution in [0.25, 0.3) is 32.7 Å². The molecular formula is C24H23Cl2N5O2S. The number of rotatable bonds is 5. The van der Waals surface area contributed by atoms with E-state index in [1.807, 2.05) is 54.6 Å². The normalized spacial score (nSPS) is 11.0. The average Bonchev–Trinajstić information content (AvgIpc) is 2.78. The summed E-state index contributed by atoms with van der Waals surface area (Å²) >= 11 is 0. The van der Waals surface area contributed by atoms with E-state index >= 15 is 0 Å². The van der Waals surface area contributed by atoms with Crippen LogP contribution in [0.5, 0.6) is 0 Å². The van der Waals surface area contributed by atoms with E-state index in [2.05, 4.69) is 20.3 Å². The Morgan fingerprint density at radius 1 is 0.794 bits per heavy atom. The Hall–Kier alpha value is -3.33. The van der Waals surface area contributed by atoms with Crippen LogP contribution in [0.15, 0.2) is 72.9 Å². The van der Waals surface area contributed by atoms with Gasteiger partial charge in [-0.3, -0.25) is 9.71 Å². The molecule has 0 saturated heterocycles. The van der Waals surface area contributed by atoms with Gasteiger partial charge in [-0.05, 0) is 48.5 Å². The van der Waals surface area contributed by atoms with Gasteiger partial charge in [-0.1, -0.05) is 18.2 Å². The molecule has 7 nitrogen and oxygen atoms in total. The van der Waals surface area contributed by atoms with Crippen molar-refractivity contribution in [2.75, 3.05) is 28.7 Å². The molecule has 0 fully saturated rings. The lowest BCUT2D eigenvalue weighted by molar-refractivity contribution is 0.607. The Balaban J connectivity index is 0.00000162. The quantitative estimate of drug-likeness (QED) is 0.198. The summed E-state index contributed by atoms with van der Waals surface area (Å²) in [5, 5.41) is 9.66. The fourth-order valence-corrected chi connectivity index (χ4v) is 4.47. The van der Waals surface area contributed by atoms with Crippen LogP contribution in [-0.4, -0.2) is 31.7 Å². The first-order chi connectivity index (χ1) is 15.4. The van der Waals surface area contributed by atoms with Crippen molar-refractivity contribution in [3.05, 3.63) is 72.9 Å². The highest BCUT2D eigenvalue weighted by Gasteiger charge is 2.14. The van der Waals surface area contributed by atoms with E-state index in [0.29, 0.717) is 5.69 Å². The Morgan fingerprint density at radius 3 is 2.32 bits per heavy atom. The highest BCUT2D eigenvalue weighted by Crippen LogP contribution is 2.38. The molecule has 0 aliphatic carbocycles. The van der Waals surface area contributed by atoms with Crippen LogP contribution in [0.4, 0.5) is 22.7 Å². The SMILES string of the molecule is CNc1cc(NS(C)(=O)=O)ccc1Nc1c2ccccc2nc2c1ccc1ncccc12.Cl.Cl. The van der Waals surface area contributed by atoms with Crippen molar-refractivity contribution in [2.45, 2.75) is 0 Å². The van der Waals surface area contributed by atoms with E-state index in [4.69, 9.17) is 4.98 Å². The van der Waals surface area contributed by atoms with Gasteiger partial charge in [0.25, 0.3) is 0 Å². The van der Waals surface area contributed by atoms with Crippen molar-refractivity contribution in [3.8, 4) is 0 Å². The molecule has 5 rings (SSSR count). The third-order valence-corrected chi connectivity index (χ3v) is 5.89. The van der Waals surface area contributed by atoms with E-state index in [9.17, 15) is 8.42 Å². The van der Waals surface area contributed by atoms with Crippen LogP contribution in [0.2, 0.25) is 0 Å². The number of nitrogens with one attached hydrogen (secondary N) is 3. The number of fused-ring (bicyclic) bond motifs is 4. The zero-order valence-electron chi connectivity index (χ0n) is 18.4. The van der Waals surface area contributed by atoms with Crippen LogP contribution in [0, 0.1) is 0 Å². The maximum absolute atomic E-state index is 11.6. The first kappa shape index (κ1) is 25.3. The van der Waals surface area contributed by atoms with Crippen LogP contribution >= 0.6 is 24.8 Å². The highest BCUT2D eigenvalue weighted by atomic mass is 35.5. The maximum Gasteiger partial charge on any atom is 0.229 e. The molecule has 0 saturated carbocycles. The zero-order chi connectivity index (χ0) is 22.3. The van der Waals surface area contributed by atoms with Gasteiger partial charge in [-0.2, -0.15) is 0 Å². The lowest BCUT2D eigenvalue weighted by Crippen LogP contribution is -2.10. The van der Waals surface area contributed by atoms with E-state index in [-0.39, 0.29) is 24.8 Å². The van der Waals surface area contributed by atoms with Gasteiger partial charge in [0.1, 0.15) is 0 Å². The van der Waals surface area contributed by atoms with Gasteiger partial charge in [-0.15, -0.1) is 24.8 Å². The molecule has 5 aromatic rings. The molecular weight excluding hydrogens is 493 g/mol. The first-order valence-electron chi connectivity index (χ1n) is 10.1. The molecule has 3 N–H and O–H groups in total. The lowest BCUT2D eigenvalue weighted by Gasteiger charge is -2.17. The second kappa shape index (κ2) is 9.89. The molecule has 10 heteroatoms. The zero-order valence-corrected chi connectivity index (χ0v) is 20.8. The average molecular weight is 516 g/mol. The van der Waals surface area contributed by atoms with Crippen LogP contribution in [-0.2, 0) is 10.0 Å². The Morgan fingerprint density at radius 2 is 1.56 bits per heavy atom. The second-order valence-corrected chi connectivity index (χ2v) is 9.29. The predicted octanol–water partition coefficient (Wildman–Crippen LogP) is 5.94. The molecule has 34 heavy (non-hydrogen) atoms. The summed E-state index contributed by atoms with van der Waals surface area (Å²) in [6.45, 7) is 0. The third-order valence-electron chi connectivity index (χ3n) is 5.28. The van der Waals surface area contributed by atoms with Crippen molar-refractivity contribution >= 4 is 90.3 Å². The Kier molecular flexibility index (Phi) is 7.35. The van der Waals surface area contributed by atoms with Gasteiger partial charge in [0.05, 0.1) is 45.6 Å². The molecule has 0 amide bonds. The first-order valence-corrected chi connectivity index (χ1v) is 11.9. The molecule has 0 aliphatic rings. The smallest absolute Gasteiger partial charge is 0.229 e. The number of halogens is 2. The molecule has 0 unspecified atom stereocenters. The van der Waals surface area contributed by atoms with E-state index in [1.54, 1.807) is 25.4 Å². The van der Waals surface area contributed by atoms with E-state index in [1.165, 1.54) is 0 Å². The van der Waals surface area contributed by atoms with Gasteiger partial charge in [0, 0.05) is 29.4 Å². The minimum absolute atomic E-state index is 0. The third kappa shape index (κ3) is 4.79. The summed E-state index contributed by atoms with van der Waals surface area (Å²) in [5.74, 6) is 0. The summed E-state index contributed by atoms with van der Waals surface area (Å²) in [6, 6.07) is 21.3. The van der Waals surface area contributed by atoms with E-state index < -0.39 is 10.0 Å². The van der Waals surface area contributed by atoms with Gasteiger partial charge in [0.15, 0.2) is 0 Å². The number of benzene rings is 3. The lowest BCUT2D eigenvalue weighted by atomic mass is 10.0. The van der Waals surface area contributed by atoms with Crippen molar-refractivity contribution < 1.29 is 8.42 Å². The number of aromatic nitrogens is 2. The summed E-state index contributed by atoms with van der Waals surface area (Å²) in [7, 11) is -1.57. The summed E-state index contributed by atoms with van der Waals surface area (Å²) in [5.41, 5.74) is 5.63. The van der Waals surface area contributed by atoms with Crippen molar-refractivity contribution in [1.82, 2.24) is 9.97 Å². The molecule has 3 aromatic carbocycles. The van der Waals surface area contributed by atoms with E-state index in [0.717, 1.165) is 56.0 Å². The molecule has 2 aromatic heterocycles. The minimum atomic E-state index is -3.36. The molecule has 0 atom stereocenters. The summed E-state index contributed by atoms with van der Waals surface area (Å²) in [6.07, 6.45) is 2.91. The van der Waals surface area contributed by atoms with Crippen molar-refractivity contribution in [3.63, 3.8) is 0 Å². The number of pyridine rings is 2. The van der Waals surface area contributed by atoms with Gasteiger partial charge in [0.2, 0.25) is 10.0 Å². The summed E-state index contributed by atoms with van der Waals surface area (Å²) < 4.78 is 25.7. The maximum atomic E-state index is 11.6. The van der Waals surface area contributed by atoms with Crippen molar-refractivity contribution in [2.24, 2.45) is 0 Å². The Bertz CT molecular complexity index is 1610. The molecule has 0 aliphatic heterocycles. The van der Waals surface area contributed by atoms with Gasteiger partial charge < -0.3 is 10.6 Å². The number of hydrogen-bond acceptors (Lipinski definition) is 6. The van der Waals surface area contributed by atoms with Gasteiger partial charge >= 0.3 is 0 Å². The number of para-hydroxylation sites is 1. The summed E-state index contributed by atoms with van der Waals surface area (Å²) in [4.78, 5) is 9.40. The van der Waals surface area contributed by atoms with Crippen molar-refractivity contribution in [1.29, 1.82) is 0 Å². The highest BCUT2D eigenvalue weighted by molar-refractivity contribution is 7.92. The monoisotopic (exact) mass is 515 g/mol. The van der Waals surface area contributed by atoms with Crippen LogP contribution in [0.1, 0.15) is 0 Å².